The van der Waals surface area contributed by atoms with Gasteiger partial charge < -0.3 is 5.11 Å². The molecule has 3 aliphatic carbocycles. The predicted octanol–water partition coefficient (Wildman–Crippen LogP) is 6.74. The summed E-state index contributed by atoms with van der Waals surface area (Å²) in [5, 5.41) is 9.22. The van der Waals surface area contributed by atoms with Gasteiger partial charge in [-0.1, -0.05) is 53.9 Å². The topological polar surface area (TPSA) is 54.4 Å². The van der Waals surface area contributed by atoms with Gasteiger partial charge in [-0.15, -0.1) is 0 Å². The number of fused-ring (bicyclic) bond motifs is 3. The molecule has 166 valence electrons. The Labute approximate surface area is 178 Å². The summed E-state index contributed by atoms with van der Waals surface area (Å²) in [6.45, 7) is 11.8. The van der Waals surface area contributed by atoms with E-state index in [-0.39, 0.29) is 6.42 Å². The first-order valence-corrected chi connectivity index (χ1v) is 12.3. The maximum Gasteiger partial charge on any atom is 0.303 e. The first kappa shape index (κ1) is 22.8. The Bertz CT molecular complexity index is 611. The third-order valence-electron chi connectivity index (χ3n) is 9.66. The summed E-state index contributed by atoms with van der Waals surface area (Å²) in [6.07, 6.45) is 11.4. The van der Waals surface area contributed by atoms with Gasteiger partial charge in [0.15, 0.2) is 0 Å². The van der Waals surface area contributed by atoms with Crippen molar-refractivity contribution in [3.63, 3.8) is 0 Å². The van der Waals surface area contributed by atoms with Crippen molar-refractivity contribution < 1.29 is 14.7 Å². The summed E-state index contributed by atoms with van der Waals surface area (Å²) >= 11 is 0. The zero-order chi connectivity index (χ0) is 21.4. The Morgan fingerprint density at radius 1 is 1.07 bits per heavy atom. The Balaban J connectivity index is 1.73. The molecule has 0 unspecified atom stereocenters. The molecular weight excluding hydrogens is 360 g/mol. The molecule has 0 aromatic rings. The number of carbonyl (C=O) groups excluding carboxylic acids is 1. The fourth-order valence-electron chi connectivity index (χ4n) is 7.99. The van der Waals surface area contributed by atoms with Crippen molar-refractivity contribution in [3.05, 3.63) is 0 Å². The van der Waals surface area contributed by atoms with Gasteiger partial charge in [0, 0.05) is 18.3 Å². The van der Waals surface area contributed by atoms with Gasteiger partial charge in [0.2, 0.25) is 0 Å². The summed E-state index contributed by atoms with van der Waals surface area (Å²) in [5.41, 5.74) is 0.0100. The van der Waals surface area contributed by atoms with Gasteiger partial charge in [-0.3, -0.25) is 9.59 Å². The maximum absolute atomic E-state index is 12.9. The lowest BCUT2D eigenvalue weighted by Crippen LogP contribution is -2.52. The first-order valence-electron chi connectivity index (χ1n) is 12.3. The fraction of sp³-hybridized carbons (Fsp3) is 0.923. The van der Waals surface area contributed by atoms with E-state index in [4.69, 9.17) is 0 Å². The zero-order valence-corrected chi connectivity index (χ0v) is 19.5. The molecule has 29 heavy (non-hydrogen) atoms. The van der Waals surface area contributed by atoms with Crippen LogP contribution in [0.2, 0.25) is 0 Å². The minimum atomic E-state index is -0.766. The van der Waals surface area contributed by atoms with Crippen LogP contribution in [-0.2, 0) is 9.59 Å². The Morgan fingerprint density at radius 3 is 2.45 bits per heavy atom. The van der Waals surface area contributed by atoms with Gasteiger partial charge in [-0.05, 0) is 79.4 Å². The van der Waals surface area contributed by atoms with Crippen LogP contribution in [0.3, 0.4) is 0 Å². The number of carboxylic acids is 1. The minimum Gasteiger partial charge on any atom is -0.481 e. The molecule has 3 fully saturated rings. The molecule has 3 aliphatic rings. The molecule has 0 aromatic carbocycles. The highest BCUT2D eigenvalue weighted by Crippen LogP contribution is 2.65. The predicted molar refractivity (Wildman–Crippen MR) is 118 cm³/mol. The van der Waals surface area contributed by atoms with Crippen molar-refractivity contribution in [1.82, 2.24) is 0 Å². The lowest BCUT2D eigenvalue weighted by molar-refractivity contribution is -0.148. The number of rotatable bonds is 8. The lowest BCUT2D eigenvalue weighted by Gasteiger charge is -2.56. The molecule has 3 rings (SSSR count). The monoisotopic (exact) mass is 404 g/mol. The smallest absolute Gasteiger partial charge is 0.303 e. The van der Waals surface area contributed by atoms with E-state index in [1.54, 1.807) is 0 Å². The van der Waals surface area contributed by atoms with Gasteiger partial charge in [0.25, 0.3) is 0 Å². The van der Waals surface area contributed by atoms with Crippen LogP contribution in [0.1, 0.15) is 105 Å². The number of hydrogen-bond donors (Lipinski definition) is 1. The van der Waals surface area contributed by atoms with E-state index in [2.05, 4.69) is 34.6 Å². The Morgan fingerprint density at radius 2 is 1.79 bits per heavy atom. The van der Waals surface area contributed by atoms with E-state index in [1.165, 1.54) is 38.5 Å². The minimum absolute atomic E-state index is 0.128. The summed E-state index contributed by atoms with van der Waals surface area (Å²) in [7, 11) is 0. The normalized spacial score (nSPS) is 40.6. The molecule has 1 N–H and O–H groups in total. The van der Waals surface area contributed by atoms with Gasteiger partial charge in [0.05, 0.1) is 0 Å². The van der Waals surface area contributed by atoms with Crippen LogP contribution < -0.4 is 0 Å². The van der Waals surface area contributed by atoms with E-state index >= 15 is 0 Å². The molecule has 3 saturated carbocycles. The van der Waals surface area contributed by atoms with Crippen molar-refractivity contribution in [1.29, 1.82) is 0 Å². The Kier molecular flexibility index (Phi) is 6.85. The third-order valence-corrected chi connectivity index (χ3v) is 9.66. The van der Waals surface area contributed by atoms with Crippen LogP contribution in [0, 0.1) is 46.3 Å². The number of carboxylic acid groups (broad SMARTS) is 1. The van der Waals surface area contributed by atoms with Crippen molar-refractivity contribution in [2.45, 2.75) is 105 Å². The molecule has 0 aromatic heterocycles. The molecule has 0 heterocycles. The summed E-state index contributed by atoms with van der Waals surface area (Å²) in [4.78, 5) is 24.1. The fourth-order valence-corrected chi connectivity index (χ4v) is 7.99. The Hall–Kier alpha value is -0.860. The lowest BCUT2D eigenvalue weighted by atomic mass is 9.48. The van der Waals surface area contributed by atoms with Crippen LogP contribution in [0.25, 0.3) is 0 Å². The van der Waals surface area contributed by atoms with Crippen LogP contribution in [-0.4, -0.2) is 16.9 Å². The SMILES string of the molecule is CC(C)CCC[C@@H](C)[C@H]1CC[C@H]2[C@@H]3CCC(=O)[C@](C)(CCC(=O)O)[C@H]3CC[C@]12C. The van der Waals surface area contributed by atoms with E-state index < -0.39 is 11.4 Å². The molecule has 3 nitrogen and oxygen atoms in total. The number of ketones is 1. The van der Waals surface area contributed by atoms with Gasteiger partial charge in [-0.25, -0.2) is 0 Å². The second-order valence-corrected chi connectivity index (χ2v) is 11.7. The molecular formula is C26H44O3. The maximum atomic E-state index is 12.9. The number of carbonyl (C=O) groups is 2. The summed E-state index contributed by atoms with van der Waals surface area (Å²) < 4.78 is 0. The molecule has 0 aliphatic heterocycles. The van der Waals surface area contributed by atoms with E-state index in [0.717, 1.165) is 36.5 Å². The van der Waals surface area contributed by atoms with Crippen molar-refractivity contribution >= 4 is 11.8 Å². The number of Topliss-reactive ketones (excluding diaryl/α,β-unsaturated/α-hetero) is 1. The highest BCUT2D eigenvalue weighted by atomic mass is 16.4. The second kappa shape index (κ2) is 8.71. The van der Waals surface area contributed by atoms with E-state index in [9.17, 15) is 14.7 Å². The molecule has 0 radical (unpaired) electrons. The van der Waals surface area contributed by atoms with Crippen LogP contribution in [0.15, 0.2) is 0 Å². The first-order chi connectivity index (χ1) is 13.6. The molecule has 0 saturated heterocycles. The molecule has 0 bridgehead atoms. The van der Waals surface area contributed by atoms with Crippen LogP contribution in [0.4, 0.5) is 0 Å². The van der Waals surface area contributed by atoms with E-state index in [1.807, 2.05) is 0 Å². The van der Waals surface area contributed by atoms with Gasteiger partial charge >= 0.3 is 5.97 Å². The third kappa shape index (κ3) is 4.30. The quantitative estimate of drug-likeness (QED) is 0.487. The van der Waals surface area contributed by atoms with Crippen molar-refractivity contribution in [2.24, 2.45) is 46.3 Å². The van der Waals surface area contributed by atoms with Crippen molar-refractivity contribution in [3.8, 4) is 0 Å². The molecule has 7 atom stereocenters. The van der Waals surface area contributed by atoms with Crippen molar-refractivity contribution in [2.75, 3.05) is 0 Å². The summed E-state index contributed by atoms with van der Waals surface area (Å²) in [5.74, 6) is 3.74. The zero-order valence-electron chi connectivity index (χ0n) is 19.5. The number of hydrogen-bond acceptors (Lipinski definition) is 2. The largest absolute Gasteiger partial charge is 0.481 e. The number of aliphatic carboxylic acids is 1. The molecule has 3 heteroatoms. The average Bonchev–Trinajstić information content (AvgIpc) is 3.00. The molecule has 0 spiro atoms. The average molecular weight is 405 g/mol. The van der Waals surface area contributed by atoms with E-state index in [0.29, 0.717) is 35.9 Å². The summed E-state index contributed by atoms with van der Waals surface area (Å²) in [6, 6.07) is 0. The highest BCUT2D eigenvalue weighted by molar-refractivity contribution is 5.86. The van der Waals surface area contributed by atoms with Gasteiger partial charge in [-0.2, -0.15) is 0 Å². The highest BCUT2D eigenvalue weighted by Gasteiger charge is 2.59. The molecule has 0 amide bonds. The second-order valence-electron chi connectivity index (χ2n) is 11.7. The van der Waals surface area contributed by atoms with Crippen LogP contribution >= 0.6 is 0 Å². The van der Waals surface area contributed by atoms with Gasteiger partial charge in [0.1, 0.15) is 5.78 Å². The standard InChI is InChI=1S/C26H44O3/c1-17(2)7-6-8-18(3)20-10-11-21-19-9-12-23(27)26(5,16-14-24(28)29)22(19)13-15-25(20,21)4/h17-22H,6-16H2,1-5H3,(H,28,29)/t18-,19+,20-,21+,22+,25-,26-/m1/s1. The van der Waals surface area contributed by atoms with Crippen LogP contribution in [0.5, 0.6) is 0 Å².